The van der Waals surface area contributed by atoms with Crippen LogP contribution in [0.1, 0.15) is 105 Å². The summed E-state index contributed by atoms with van der Waals surface area (Å²) in [7, 11) is 0. The van der Waals surface area contributed by atoms with Gasteiger partial charge in [-0.2, -0.15) is 0 Å². The highest BCUT2D eigenvalue weighted by Gasteiger charge is 2.26. The first-order valence-electron chi connectivity index (χ1n) is 27.0. The zero-order valence-electron chi connectivity index (χ0n) is 45.7. The average Bonchev–Trinajstić information content (AvgIpc) is 4.01. The molecule has 0 saturated heterocycles. The molecule has 0 radical (unpaired) electrons. The third-order valence-electron chi connectivity index (χ3n) is 16.4. The van der Waals surface area contributed by atoms with Crippen LogP contribution in [0.25, 0.3) is 115 Å². The molecule has 0 saturated carbocycles. The Morgan fingerprint density at radius 3 is 1.08 bits per heavy atom. The van der Waals surface area contributed by atoms with E-state index in [1.165, 1.54) is 120 Å². The van der Waals surface area contributed by atoms with Crippen molar-refractivity contribution in [3.8, 4) is 28.2 Å². The Hall–Kier alpha value is -7.88. The van der Waals surface area contributed by atoms with Gasteiger partial charge in [0.15, 0.2) is 0 Å². The molecule has 13 rings (SSSR count). The van der Waals surface area contributed by atoms with E-state index in [1.807, 2.05) is 0 Å². The van der Waals surface area contributed by atoms with Crippen LogP contribution in [0.5, 0.6) is 0 Å². The lowest BCUT2D eigenvalue weighted by molar-refractivity contribution is 0.590. The molecule has 3 heteroatoms. The Balaban J connectivity index is 1.14. The van der Waals surface area contributed by atoms with Crippen molar-refractivity contribution in [3.05, 3.63) is 210 Å². The van der Waals surface area contributed by atoms with Gasteiger partial charge in [-0.25, -0.2) is 0 Å². The number of benzene rings is 10. The number of rotatable bonds is 4. The minimum Gasteiger partial charge on any atom is -0.309 e. The van der Waals surface area contributed by atoms with Gasteiger partial charge in [-0.1, -0.05) is 192 Å². The molecule has 0 N–H and O–H groups in total. The maximum absolute atomic E-state index is 2.58. The van der Waals surface area contributed by atoms with Gasteiger partial charge in [-0.05, 0) is 150 Å². The molecule has 0 atom stereocenters. The fourth-order valence-electron chi connectivity index (χ4n) is 12.2. The summed E-state index contributed by atoms with van der Waals surface area (Å²) < 4.78 is 7.61. The van der Waals surface area contributed by atoms with Crippen LogP contribution in [0.4, 0.5) is 0 Å². The second kappa shape index (κ2) is 16.3. The van der Waals surface area contributed by atoms with E-state index in [0.29, 0.717) is 0 Å². The van der Waals surface area contributed by atoms with Crippen LogP contribution in [0.2, 0.25) is 0 Å². The van der Waals surface area contributed by atoms with Gasteiger partial charge in [0.2, 0.25) is 0 Å². The van der Waals surface area contributed by atoms with E-state index in [2.05, 4.69) is 285 Å². The summed E-state index contributed by atoms with van der Waals surface area (Å²) in [5.41, 5.74) is 18.5. The number of hydrogen-bond acceptors (Lipinski definition) is 0. The first kappa shape index (κ1) is 46.9. The summed E-state index contributed by atoms with van der Waals surface area (Å²) in [4.78, 5) is 0. The average molecular weight is 974 g/mol. The molecule has 370 valence electrons. The van der Waals surface area contributed by atoms with Crippen molar-refractivity contribution in [1.29, 1.82) is 0 Å². The van der Waals surface area contributed by atoms with Crippen LogP contribution in [0.15, 0.2) is 188 Å². The fourth-order valence-corrected chi connectivity index (χ4v) is 12.2. The molecule has 3 aromatic heterocycles. The minimum atomic E-state index is 0.0113. The van der Waals surface area contributed by atoms with Crippen molar-refractivity contribution in [2.45, 2.75) is 105 Å². The molecule has 0 aliphatic carbocycles. The molecule has 3 nitrogen and oxygen atoms in total. The van der Waals surface area contributed by atoms with E-state index in [0.717, 1.165) is 17.1 Å². The van der Waals surface area contributed by atoms with Crippen molar-refractivity contribution < 1.29 is 0 Å². The molecule has 0 aliphatic rings. The van der Waals surface area contributed by atoms with Crippen molar-refractivity contribution in [1.82, 2.24) is 13.7 Å². The summed E-state index contributed by atoms with van der Waals surface area (Å²) in [6.07, 6.45) is 0. The summed E-state index contributed by atoms with van der Waals surface area (Å²) in [6, 6.07) is 72.2. The highest BCUT2D eigenvalue weighted by molar-refractivity contribution is 6.20. The van der Waals surface area contributed by atoms with Gasteiger partial charge in [0.05, 0.1) is 38.8 Å². The van der Waals surface area contributed by atoms with Crippen LogP contribution in [0.3, 0.4) is 0 Å². The van der Waals surface area contributed by atoms with Crippen molar-refractivity contribution >= 4 is 87.0 Å². The van der Waals surface area contributed by atoms with Crippen LogP contribution in [-0.2, 0) is 21.7 Å². The molecule has 0 amide bonds. The van der Waals surface area contributed by atoms with Crippen LogP contribution < -0.4 is 0 Å². The maximum atomic E-state index is 2.58. The monoisotopic (exact) mass is 974 g/mol. The second-order valence-electron chi connectivity index (χ2n) is 25.5. The Morgan fingerprint density at radius 1 is 0.267 bits per heavy atom. The summed E-state index contributed by atoms with van der Waals surface area (Å²) >= 11 is 0. The van der Waals surface area contributed by atoms with E-state index in [9.17, 15) is 0 Å². The Kier molecular flexibility index (Phi) is 10.2. The third kappa shape index (κ3) is 7.44. The van der Waals surface area contributed by atoms with Crippen molar-refractivity contribution in [2.75, 3.05) is 0 Å². The highest BCUT2D eigenvalue weighted by atomic mass is 15.0. The number of fused-ring (bicyclic) bond motifs is 12. The molecule has 0 spiro atoms. The molecule has 0 fully saturated rings. The van der Waals surface area contributed by atoms with Crippen molar-refractivity contribution in [3.63, 3.8) is 0 Å². The normalized spacial score (nSPS) is 13.1. The van der Waals surface area contributed by atoms with Gasteiger partial charge in [-0.15, -0.1) is 0 Å². The van der Waals surface area contributed by atoms with E-state index >= 15 is 0 Å². The molecule has 75 heavy (non-hydrogen) atoms. The predicted octanol–water partition coefficient (Wildman–Crippen LogP) is 20.1. The van der Waals surface area contributed by atoms with Crippen LogP contribution in [0, 0.1) is 0 Å². The summed E-state index contributed by atoms with van der Waals surface area (Å²) in [5.74, 6) is 0. The third-order valence-corrected chi connectivity index (χ3v) is 16.4. The second-order valence-corrected chi connectivity index (χ2v) is 25.5. The van der Waals surface area contributed by atoms with Gasteiger partial charge >= 0.3 is 0 Å². The maximum Gasteiger partial charge on any atom is 0.0562 e. The lowest BCUT2D eigenvalue weighted by Crippen LogP contribution is -2.10. The molecular weight excluding hydrogens is 907 g/mol. The largest absolute Gasteiger partial charge is 0.309 e. The molecule has 10 aromatic carbocycles. The van der Waals surface area contributed by atoms with E-state index < -0.39 is 0 Å². The smallest absolute Gasteiger partial charge is 0.0562 e. The van der Waals surface area contributed by atoms with E-state index in [-0.39, 0.29) is 21.7 Å². The lowest BCUT2D eigenvalue weighted by atomic mass is 9.85. The van der Waals surface area contributed by atoms with E-state index in [1.54, 1.807) is 0 Å². The summed E-state index contributed by atoms with van der Waals surface area (Å²) in [6.45, 7) is 27.8. The number of nitrogens with zero attached hydrogens (tertiary/aromatic N) is 3. The number of aromatic nitrogens is 3. The molecule has 13 aromatic rings. The van der Waals surface area contributed by atoms with Gasteiger partial charge in [0.25, 0.3) is 0 Å². The number of hydrogen-bond donors (Lipinski definition) is 0. The van der Waals surface area contributed by atoms with Crippen LogP contribution >= 0.6 is 0 Å². The van der Waals surface area contributed by atoms with Gasteiger partial charge in [-0.3, -0.25) is 0 Å². The molecule has 0 aliphatic heterocycles. The zero-order valence-corrected chi connectivity index (χ0v) is 45.7. The predicted molar refractivity (Wildman–Crippen MR) is 325 cm³/mol. The van der Waals surface area contributed by atoms with Gasteiger partial charge in [0, 0.05) is 49.1 Å². The Morgan fingerprint density at radius 2 is 0.667 bits per heavy atom. The van der Waals surface area contributed by atoms with Gasteiger partial charge < -0.3 is 13.7 Å². The first-order chi connectivity index (χ1) is 35.7. The molecule has 3 heterocycles. The SMILES string of the molecule is CC(C)(C)c1ccc2c(c1)c1cc(C(C)(C)C)ccc1n2-c1ccc2c3ccc(-n4c5ccc(C(C)(C)C)cc5c5cc(C(C)(C)C)ccc54)cc3n(-c3cc4cccc(-c5ccccc5)c4c4ccccc34)c2c1. The zero-order chi connectivity index (χ0) is 52.1. The Bertz CT molecular complexity index is 4130. The topological polar surface area (TPSA) is 14.8 Å². The summed E-state index contributed by atoms with van der Waals surface area (Å²) in [5, 5.41) is 12.5. The molecule has 0 bridgehead atoms. The lowest BCUT2D eigenvalue weighted by Gasteiger charge is -2.19. The molecular formula is C72H67N3. The van der Waals surface area contributed by atoms with Gasteiger partial charge in [0.1, 0.15) is 0 Å². The van der Waals surface area contributed by atoms with Crippen LogP contribution in [-0.4, -0.2) is 13.7 Å². The molecule has 0 unspecified atom stereocenters. The van der Waals surface area contributed by atoms with Crippen molar-refractivity contribution in [2.24, 2.45) is 0 Å². The Labute approximate surface area is 441 Å². The first-order valence-corrected chi connectivity index (χ1v) is 27.0. The highest BCUT2D eigenvalue weighted by Crippen LogP contribution is 2.45. The fraction of sp³-hybridized carbons (Fsp3) is 0.222. The van der Waals surface area contributed by atoms with E-state index in [4.69, 9.17) is 0 Å². The minimum absolute atomic E-state index is 0.0113. The quantitative estimate of drug-likeness (QED) is 0.156. The standard InChI is InChI=1S/C72H67N3/c1-69(2,3)46-25-33-61-57(38-46)58-39-47(70(4,5)6)26-34-62(58)73(61)50-29-31-54-55-32-30-51(74-63-35-27-48(71(7,8)9)40-59(63)60-41-49(72(10,11)12)28-36-64(60)74)43-67(55)75(66(54)42-50)65-37-45-21-18-24-52(44-19-14-13-15-20-44)68(45)56-23-17-16-22-53(56)65/h13-43H,1-12H3.